The normalized spacial score (nSPS) is 23.1. The molecule has 8 heteroatoms. The van der Waals surface area contributed by atoms with Gasteiger partial charge >= 0.3 is 0 Å². The van der Waals surface area contributed by atoms with Gasteiger partial charge in [-0.25, -0.2) is 4.98 Å². The fourth-order valence-electron chi connectivity index (χ4n) is 3.89. The lowest BCUT2D eigenvalue weighted by Gasteiger charge is -2.39. The lowest BCUT2D eigenvalue weighted by molar-refractivity contribution is 0.0959. The van der Waals surface area contributed by atoms with Gasteiger partial charge in [-0.1, -0.05) is 35.1 Å². The van der Waals surface area contributed by atoms with Crippen LogP contribution in [0, 0.1) is 0 Å². The molecular weight excluding hydrogens is 384 g/mol. The third kappa shape index (κ3) is 3.23. The van der Waals surface area contributed by atoms with Crippen molar-refractivity contribution >= 4 is 34.0 Å². The average Bonchev–Trinajstić information content (AvgIpc) is 3.07. The molecule has 2 aromatic rings. The second-order valence-electron chi connectivity index (χ2n) is 7.04. The van der Waals surface area contributed by atoms with Crippen molar-refractivity contribution in [3.05, 3.63) is 45.4 Å². The predicted octanol–water partition coefficient (Wildman–Crippen LogP) is 2.57. The smallest absolute Gasteiger partial charge is 0.263 e. The maximum Gasteiger partial charge on any atom is 0.263 e. The molecule has 144 valence electrons. The molecule has 2 aliphatic rings. The highest BCUT2D eigenvalue weighted by Gasteiger charge is 2.44. The summed E-state index contributed by atoms with van der Waals surface area (Å²) in [6.07, 6.45) is 0.743. The van der Waals surface area contributed by atoms with Crippen molar-refractivity contribution in [2.24, 2.45) is 0 Å². The number of amides is 1. The Bertz CT molecular complexity index is 833. The molecule has 1 saturated heterocycles. The Morgan fingerprint density at radius 3 is 2.63 bits per heavy atom. The van der Waals surface area contributed by atoms with Crippen molar-refractivity contribution in [3.8, 4) is 0 Å². The molecule has 0 radical (unpaired) electrons. The minimum absolute atomic E-state index is 0.0419. The SMILES string of the molecule is CN(C)C1(c2ccc(Cl)cc2)CCNC(=O)c2sc(N3CCOCC3)nc21. The van der Waals surface area contributed by atoms with Gasteiger partial charge in [0.2, 0.25) is 0 Å². The van der Waals surface area contributed by atoms with Crippen LogP contribution in [0.15, 0.2) is 24.3 Å². The Labute approximate surface area is 168 Å². The van der Waals surface area contributed by atoms with Crippen LogP contribution in [0.3, 0.4) is 0 Å². The Kier molecular flexibility index (Phi) is 5.11. The summed E-state index contributed by atoms with van der Waals surface area (Å²) in [5.41, 5.74) is 1.44. The molecule has 4 rings (SSSR count). The Balaban J connectivity index is 1.87. The summed E-state index contributed by atoms with van der Waals surface area (Å²) < 4.78 is 5.46. The predicted molar refractivity (Wildman–Crippen MR) is 108 cm³/mol. The first-order chi connectivity index (χ1) is 13.0. The van der Waals surface area contributed by atoms with Crippen LogP contribution >= 0.6 is 22.9 Å². The molecule has 0 bridgehead atoms. The van der Waals surface area contributed by atoms with Crippen molar-refractivity contribution in [2.45, 2.75) is 12.0 Å². The Morgan fingerprint density at radius 2 is 1.96 bits per heavy atom. The standard InChI is InChI=1S/C19H23ClN4O2S/c1-23(2)19(13-3-5-14(20)6-4-13)7-8-21-17(25)15-16(19)22-18(27-15)24-9-11-26-12-10-24/h3-6H,7-12H2,1-2H3,(H,21,25). The highest BCUT2D eigenvalue weighted by atomic mass is 35.5. The minimum Gasteiger partial charge on any atom is -0.378 e. The fraction of sp³-hybridized carbons (Fsp3) is 0.474. The van der Waals surface area contributed by atoms with E-state index in [0.717, 1.165) is 35.9 Å². The second-order valence-corrected chi connectivity index (χ2v) is 8.46. The van der Waals surface area contributed by atoms with Crippen LogP contribution in [0.5, 0.6) is 0 Å². The van der Waals surface area contributed by atoms with Gasteiger partial charge in [0.25, 0.3) is 5.91 Å². The zero-order valence-corrected chi connectivity index (χ0v) is 17.1. The van der Waals surface area contributed by atoms with Crippen molar-refractivity contribution in [1.29, 1.82) is 0 Å². The third-order valence-electron chi connectivity index (χ3n) is 5.35. The molecule has 1 amide bonds. The maximum absolute atomic E-state index is 12.8. The minimum atomic E-state index is -0.486. The van der Waals surface area contributed by atoms with E-state index in [0.29, 0.717) is 29.7 Å². The molecule has 2 aliphatic heterocycles. The number of nitrogens with one attached hydrogen (secondary N) is 1. The van der Waals surface area contributed by atoms with Gasteiger partial charge in [0.15, 0.2) is 5.13 Å². The Hall–Kier alpha value is -1.67. The molecule has 0 spiro atoms. The summed E-state index contributed by atoms with van der Waals surface area (Å²) in [6.45, 7) is 3.56. The molecule has 1 atom stereocenters. The number of rotatable bonds is 3. The summed E-state index contributed by atoms with van der Waals surface area (Å²) in [4.78, 5) is 22.8. The molecule has 1 aromatic heterocycles. The van der Waals surface area contributed by atoms with Gasteiger partial charge in [0, 0.05) is 24.7 Å². The molecule has 3 heterocycles. The van der Waals surface area contributed by atoms with Crippen LogP contribution in [0.25, 0.3) is 0 Å². The first-order valence-corrected chi connectivity index (χ1v) is 10.3. The highest BCUT2D eigenvalue weighted by molar-refractivity contribution is 7.17. The number of carbonyl (C=O) groups is 1. The van der Waals surface area contributed by atoms with Gasteiger partial charge in [-0.2, -0.15) is 0 Å². The highest BCUT2D eigenvalue weighted by Crippen LogP contribution is 2.43. The molecule has 1 unspecified atom stereocenters. The van der Waals surface area contributed by atoms with Crippen LogP contribution < -0.4 is 10.2 Å². The average molecular weight is 407 g/mol. The Morgan fingerprint density at radius 1 is 1.26 bits per heavy atom. The molecule has 0 saturated carbocycles. The number of ether oxygens (including phenoxy) is 1. The van der Waals surface area contributed by atoms with Crippen LogP contribution in [0.2, 0.25) is 5.02 Å². The van der Waals surface area contributed by atoms with Gasteiger partial charge in [-0.15, -0.1) is 0 Å². The number of thiazole rings is 1. The van der Waals surface area contributed by atoms with Crippen molar-refractivity contribution in [2.75, 3.05) is 51.8 Å². The van der Waals surface area contributed by atoms with Crippen LogP contribution in [0.1, 0.15) is 27.3 Å². The lowest BCUT2D eigenvalue weighted by Crippen LogP contribution is -2.44. The monoisotopic (exact) mass is 406 g/mol. The summed E-state index contributed by atoms with van der Waals surface area (Å²) in [7, 11) is 4.09. The number of hydrogen-bond donors (Lipinski definition) is 1. The molecular formula is C19H23ClN4O2S. The van der Waals surface area contributed by atoms with E-state index in [9.17, 15) is 4.79 Å². The summed E-state index contributed by atoms with van der Waals surface area (Å²) in [6, 6.07) is 7.87. The van der Waals surface area contributed by atoms with Crippen molar-refractivity contribution in [3.63, 3.8) is 0 Å². The van der Waals surface area contributed by atoms with Gasteiger partial charge in [0.1, 0.15) is 4.88 Å². The number of fused-ring (bicyclic) bond motifs is 1. The van der Waals surface area contributed by atoms with E-state index >= 15 is 0 Å². The number of anilines is 1. The lowest BCUT2D eigenvalue weighted by atomic mass is 9.82. The van der Waals surface area contributed by atoms with Gasteiger partial charge in [0.05, 0.1) is 24.4 Å². The largest absolute Gasteiger partial charge is 0.378 e. The molecule has 1 N–H and O–H groups in total. The number of benzene rings is 1. The zero-order valence-electron chi connectivity index (χ0n) is 15.5. The number of carbonyl (C=O) groups excluding carboxylic acids is 1. The number of nitrogens with zero attached hydrogens (tertiary/aromatic N) is 3. The van der Waals surface area contributed by atoms with Crippen LogP contribution in [0.4, 0.5) is 5.13 Å². The molecule has 0 aliphatic carbocycles. The quantitative estimate of drug-likeness (QED) is 0.849. The van der Waals surface area contributed by atoms with E-state index in [1.807, 2.05) is 38.4 Å². The van der Waals surface area contributed by atoms with Gasteiger partial charge < -0.3 is 15.0 Å². The molecule has 1 fully saturated rings. The van der Waals surface area contributed by atoms with Crippen LogP contribution in [-0.4, -0.2) is 62.7 Å². The second kappa shape index (κ2) is 7.39. The maximum atomic E-state index is 12.8. The first-order valence-electron chi connectivity index (χ1n) is 9.08. The molecule has 27 heavy (non-hydrogen) atoms. The fourth-order valence-corrected chi connectivity index (χ4v) is 5.12. The van der Waals surface area contributed by atoms with E-state index in [2.05, 4.69) is 15.1 Å². The third-order valence-corrected chi connectivity index (χ3v) is 6.72. The van der Waals surface area contributed by atoms with Crippen molar-refractivity contribution in [1.82, 2.24) is 15.2 Å². The first kappa shape index (κ1) is 18.7. The number of halogens is 1. The van der Waals surface area contributed by atoms with Crippen LogP contribution in [-0.2, 0) is 10.3 Å². The molecule has 1 aromatic carbocycles. The van der Waals surface area contributed by atoms with E-state index in [4.69, 9.17) is 21.3 Å². The van der Waals surface area contributed by atoms with Crippen molar-refractivity contribution < 1.29 is 9.53 Å². The van der Waals surface area contributed by atoms with E-state index in [1.54, 1.807) is 0 Å². The van der Waals surface area contributed by atoms with Gasteiger partial charge in [-0.3, -0.25) is 9.69 Å². The molecule has 6 nitrogen and oxygen atoms in total. The topological polar surface area (TPSA) is 57.7 Å². The van der Waals surface area contributed by atoms with Gasteiger partial charge in [-0.05, 0) is 38.2 Å². The van der Waals surface area contributed by atoms with E-state index in [-0.39, 0.29) is 5.91 Å². The van der Waals surface area contributed by atoms with E-state index < -0.39 is 5.54 Å². The number of aromatic nitrogens is 1. The summed E-state index contributed by atoms with van der Waals surface area (Å²) in [5, 5.41) is 4.63. The van der Waals surface area contributed by atoms with E-state index in [1.165, 1.54) is 11.3 Å². The zero-order chi connectivity index (χ0) is 19.0. The number of morpholine rings is 1. The summed E-state index contributed by atoms with van der Waals surface area (Å²) in [5.74, 6) is -0.0419. The summed E-state index contributed by atoms with van der Waals surface area (Å²) >= 11 is 7.60. The number of hydrogen-bond acceptors (Lipinski definition) is 6.